The van der Waals surface area contributed by atoms with E-state index in [4.69, 9.17) is 5.73 Å². The Kier molecular flexibility index (Phi) is 14.7. The van der Waals surface area contributed by atoms with Gasteiger partial charge in [0.2, 0.25) is 0 Å². The van der Waals surface area contributed by atoms with Crippen molar-refractivity contribution in [3.63, 3.8) is 0 Å². The third kappa shape index (κ3) is 11.0. The minimum atomic E-state index is -0.424. The molecule has 73 heavy (non-hydrogen) atoms. The molecule has 0 amide bonds. The Morgan fingerprint density at radius 1 is 0.548 bits per heavy atom. The second kappa shape index (κ2) is 21.4. The van der Waals surface area contributed by atoms with Gasteiger partial charge in [-0.25, -0.2) is 9.36 Å². The summed E-state index contributed by atoms with van der Waals surface area (Å²) in [6, 6.07) is 28.0. The van der Waals surface area contributed by atoms with Gasteiger partial charge in [0.1, 0.15) is 7.40 Å². The normalized spacial score (nSPS) is 10.8. The van der Waals surface area contributed by atoms with Crippen LogP contribution in [0.1, 0.15) is 0 Å². The summed E-state index contributed by atoms with van der Waals surface area (Å²) >= 11 is 4.12. The van der Waals surface area contributed by atoms with E-state index in [2.05, 4.69) is 91.1 Å². The number of non-ortho nitro benzene ring substituents is 4. The van der Waals surface area contributed by atoms with Crippen molar-refractivity contribution in [3.8, 4) is 11.6 Å². The van der Waals surface area contributed by atoms with E-state index in [1.165, 1.54) is 42.5 Å². The average molecular weight is 1210 g/mol. The molecule has 0 aliphatic rings. The van der Waals surface area contributed by atoms with Crippen LogP contribution in [0.3, 0.4) is 0 Å². The van der Waals surface area contributed by atoms with Gasteiger partial charge in [0.25, 0.3) is 22.7 Å². The molecular weight excluding hydrogens is 1180 g/mol. The van der Waals surface area contributed by atoms with Gasteiger partial charge >= 0.3 is 0 Å². The van der Waals surface area contributed by atoms with E-state index in [0.29, 0.717) is 11.2 Å². The van der Waals surface area contributed by atoms with Crippen molar-refractivity contribution in [1.29, 1.82) is 0 Å². The van der Waals surface area contributed by atoms with Gasteiger partial charge in [0.05, 0.1) is 58.9 Å². The number of aryl methyl sites for hydroxylation is 3. The van der Waals surface area contributed by atoms with E-state index in [1.807, 2.05) is 49.2 Å². The lowest BCUT2D eigenvalue weighted by molar-refractivity contribution is -0.384. The number of aromatic amines is 2. The Hall–Kier alpha value is -9.27. The largest absolute Gasteiger partial charge is 0.399 e. The maximum atomic E-state index is 10.8. The number of fused-ring (bicyclic) bond motifs is 5. The number of hydrogen-bond acceptors (Lipinski definition) is 16. The number of aromatic nitrogens is 14. The van der Waals surface area contributed by atoms with Crippen LogP contribution >= 0.6 is 45.2 Å². The van der Waals surface area contributed by atoms with Crippen molar-refractivity contribution in [1.82, 2.24) is 69.3 Å². The molecule has 0 fully saturated rings. The third-order valence-electron chi connectivity index (χ3n) is 10.7. The maximum absolute atomic E-state index is 10.8. The summed E-state index contributed by atoms with van der Waals surface area (Å²) in [6.07, 6.45) is 8.54. The highest BCUT2D eigenvalue weighted by atomic mass is 127. The fraction of sp³-hybridized carbons (Fsp3) is 0.0682. The molecule has 368 valence electrons. The lowest BCUT2D eigenvalue weighted by Crippen LogP contribution is -1.97. The van der Waals surface area contributed by atoms with Crippen LogP contribution in [0.4, 0.5) is 28.4 Å². The van der Waals surface area contributed by atoms with Gasteiger partial charge in [-0.1, -0.05) is 0 Å². The monoisotopic (exact) mass is 1210 g/mol. The molecule has 4 N–H and O–H groups in total. The third-order valence-corrected chi connectivity index (χ3v) is 12.3. The van der Waals surface area contributed by atoms with Crippen molar-refractivity contribution < 1.29 is 19.7 Å². The van der Waals surface area contributed by atoms with Gasteiger partial charge in [-0.15, -0.1) is 0 Å². The maximum Gasteiger partial charge on any atom is 0.270 e. The molecule has 0 radical (unpaired) electrons. The van der Waals surface area contributed by atoms with Crippen LogP contribution < -0.4 is 5.73 Å². The highest BCUT2D eigenvalue weighted by molar-refractivity contribution is 14.1. The van der Waals surface area contributed by atoms with Crippen molar-refractivity contribution in [2.24, 2.45) is 21.1 Å². The number of nitrogen functional groups attached to an aromatic ring is 1. The van der Waals surface area contributed by atoms with E-state index in [-0.39, 0.29) is 22.7 Å². The van der Waals surface area contributed by atoms with Crippen LogP contribution in [0.5, 0.6) is 0 Å². The fourth-order valence-electron chi connectivity index (χ4n) is 7.19. The van der Waals surface area contributed by atoms with Crippen LogP contribution in [0, 0.1) is 47.9 Å². The number of anilines is 1. The first-order chi connectivity index (χ1) is 35.0. The van der Waals surface area contributed by atoms with Gasteiger partial charge < -0.3 is 5.73 Å². The summed E-state index contributed by atoms with van der Waals surface area (Å²) in [4.78, 5) is 40.5. The van der Waals surface area contributed by atoms with Gasteiger partial charge in [-0.3, -0.25) is 64.7 Å². The Labute approximate surface area is 435 Å². The minimum Gasteiger partial charge on any atom is -0.399 e. The molecular formula is C44H35I2N19O8. The van der Waals surface area contributed by atoms with Crippen LogP contribution in [0.25, 0.3) is 66.2 Å². The molecule has 0 atom stereocenters. The van der Waals surface area contributed by atoms with Crippen LogP contribution in [0.15, 0.2) is 134 Å². The SMILES string of the molecule is Cn1nc(-n2cccn2)c2cc(N)ccc21.Cn1nc(-n2cccn2)c2cc([N+](=O)[O-])ccc21.Cn1nc(I)c2cc([N+](=O)[O-])ccc21.O=[N+]([O-])c1ccc2[nH]ncc2c1.O=[N+]([O-])c1ccc2n[nH]c(I)c2c1. The number of nitro groups is 4. The molecule has 29 heteroatoms. The number of hydrogen-bond donors (Lipinski definition) is 3. The number of H-pyrrole nitrogens is 2. The molecule has 27 nitrogen and oxygen atoms in total. The van der Waals surface area contributed by atoms with Crippen molar-refractivity contribution >= 4 is 128 Å². The first-order valence-corrected chi connectivity index (χ1v) is 23.1. The van der Waals surface area contributed by atoms with Crippen LogP contribution in [0.2, 0.25) is 0 Å². The predicted molar refractivity (Wildman–Crippen MR) is 285 cm³/mol. The second-order valence-corrected chi connectivity index (χ2v) is 17.4. The standard InChI is InChI=1S/C11H9N5O2.C11H11N5.C8H6IN3O2.C7H4IN3O2.C7H5N3O2/c1-14-10-4-3-8(16(17)18)7-9(10)11(13-14)15-6-2-5-12-15;1-15-10-4-3-8(12)7-9(10)11(14-15)16-6-2-5-13-16;1-11-7-3-2-5(12(13)14)4-6(7)8(9)10-11;8-7-5-3-4(11(12)13)1-2-6(5)9-10-7;11-10(12)6-1-2-7-5(3-6)4-8-9-7/h2-7H,1H3;2-7H,12H2,1H3;2-4H,1H3;1-3H,(H,9,10);1-4H,(H,8,9). The Morgan fingerprint density at radius 3 is 1.56 bits per heavy atom. The van der Waals surface area contributed by atoms with Gasteiger partial charge in [-0.2, -0.15) is 35.7 Å². The summed E-state index contributed by atoms with van der Waals surface area (Å²) in [6.45, 7) is 0. The van der Waals surface area contributed by atoms with E-state index in [1.54, 1.807) is 87.0 Å². The molecule has 0 bridgehead atoms. The summed E-state index contributed by atoms with van der Waals surface area (Å²) in [7, 11) is 5.52. The van der Waals surface area contributed by atoms with Crippen LogP contribution in [-0.2, 0) is 21.1 Å². The quantitative estimate of drug-likeness (QED) is 0.0606. The lowest BCUT2D eigenvalue weighted by Gasteiger charge is -1.97. The number of nitro benzene ring substituents is 4. The highest BCUT2D eigenvalue weighted by Gasteiger charge is 2.16. The molecule has 7 aromatic heterocycles. The number of nitrogens with two attached hydrogens (primary N) is 1. The van der Waals surface area contributed by atoms with Crippen LogP contribution in [-0.4, -0.2) is 89.0 Å². The van der Waals surface area contributed by atoms with Gasteiger partial charge in [-0.05, 0) is 99.8 Å². The molecule has 5 aromatic carbocycles. The molecule has 0 spiro atoms. The summed E-state index contributed by atoms with van der Waals surface area (Å²) < 4.78 is 10.1. The number of nitrogens with one attached hydrogen (secondary N) is 2. The fourth-order valence-corrected chi connectivity index (χ4v) is 8.50. The van der Waals surface area contributed by atoms with E-state index >= 15 is 0 Å². The van der Waals surface area contributed by atoms with E-state index in [9.17, 15) is 40.5 Å². The summed E-state index contributed by atoms with van der Waals surface area (Å²) in [5.74, 6) is 1.39. The topological polar surface area (TPSA) is 345 Å². The molecule has 12 rings (SSSR count). The zero-order valence-electron chi connectivity index (χ0n) is 38.0. The Bertz CT molecular complexity index is 3990. The first-order valence-electron chi connectivity index (χ1n) is 20.9. The predicted octanol–water partition coefficient (Wildman–Crippen LogP) is 8.64. The smallest absolute Gasteiger partial charge is 0.270 e. The number of halogens is 2. The van der Waals surface area contributed by atoms with Gasteiger partial charge in [0, 0.05) is 122 Å². The number of rotatable bonds is 6. The molecule has 12 aromatic rings. The Balaban J connectivity index is 0.000000123. The molecule has 7 heterocycles. The molecule has 0 aliphatic heterocycles. The highest BCUT2D eigenvalue weighted by Crippen LogP contribution is 2.28. The molecule has 0 unspecified atom stereocenters. The van der Waals surface area contributed by atoms with E-state index < -0.39 is 19.7 Å². The first kappa shape index (κ1) is 50.1. The minimum absolute atomic E-state index is 0.0453. The van der Waals surface area contributed by atoms with Crippen molar-refractivity contribution in [2.75, 3.05) is 5.73 Å². The summed E-state index contributed by atoms with van der Waals surface area (Å²) in [5, 5.41) is 80.6. The molecule has 0 saturated heterocycles. The zero-order valence-corrected chi connectivity index (χ0v) is 42.3. The lowest BCUT2D eigenvalue weighted by atomic mass is 10.2. The number of nitrogens with zero attached hydrogens (tertiary/aromatic N) is 16. The van der Waals surface area contributed by atoms with Gasteiger partial charge in [0.15, 0.2) is 11.6 Å². The Morgan fingerprint density at radius 2 is 1.01 bits per heavy atom. The number of benzene rings is 5. The average Bonchev–Trinajstić information content (AvgIpc) is 4.26. The van der Waals surface area contributed by atoms with E-state index in [0.717, 1.165) is 68.0 Å². The van der Waals surface area contributed by atoms with Crippen molar-refractivity contribution in [3.05, 3.63) is 182 Å². The zero-order chi connectivity index (χ0) is 52.1. The molecule has 0 saturated carbocycles. The molecule has 0 aliphatic carbocycles. The second-order valence-electron chi connectivity index (χ2n) is 15.3. The van der Waals surface area contributed by atoms with Crippen molar-refractivity contribution in [2.45, 2.75) is 0 Å². The summed E-state index contributed by atoms with van der Waals surface area (Å²) in [5.41, 5.74) is 11.2.